The van der Waals surface area contributed by atoms with Crippen LogP contribution in [-0.4, -0.2) is 21.9 Å². The number of nitro benzene ring substituents is 1. The van der Waals surface area contributed by atoms with Crippen molar-refractivity contribution in [2.75, 3.05) is 0 Å². The summed E-state index contributed by atoms with van der Waals surface area (Å²) >= 11 is 6.51. The molecule has 126 valence electrons. The van der Waals surface area contributed by atoms with Crippen LogP contribution in [0.1, 0.15) is 11.1 Å². The van der Waals surface area contributed by atoms with Crippen molar-refractivity contribution in [2.24, 2.45) is 4.99 Å². The maximum Gasteiger partial charge on any atom is 0.363 e. The largest absolute Gasteiger partial charge is 0.506 e. The van der Waals surface area contributed by atoms with Gasteiger partial charge >= 0.3 is 5.97 Å². The van der Waals surface area contributed by atoms with Crippen LogP contribution < -0.4 is 0 Å². The molecule has 0 radical (unpaired) electrons. The molecule has 0 bridgehead atoms. The first kappa shape index (κ1) is 17.3. The van der Waals surface area contributed by atoms with E-state index < -0.39 is 10.9 Å². The van der Waals surface area contributed by atoms with Gasteiger partial charge in [0.2, 0.25) is 5.90 Å². The molecule has 0 fully saturated rings. The van der Waals surface area contributed by atoms with Gasteiger partial charge in [0.1, 0.15) is 5.75 Å². The highest BCUT2D eigenvalue weighted by Crippen LogP contribution is 2.34. The number of hydrogen-bond donors (Lipinski definition) is 1. The van der Waals surface area contributed by atoms with Crippen molar-refractivity contribution in [1.29, 1.82) is 0 Å². The number of hydrogen-bond acceptors (Lipinski definition) is 6. The summed E-state index contributed by atoms with van der Waals surface area (Å²) in [7, 11) is 0. The number of rotatable bonds is 3. The Balaban J connectivity index is 1.96. The van der Waals surface area contributed by atoms with Gasteiger partial charge in [0, 0.05) is 27.7 Å². The molecule has 0 amide bonds. The molecule has 0 saturated carbocycles. The number of carbonyl (C=O) groups is 1. The van der Waals surface area contributed by atoms with Gasteiger partial charge in [-0.3, -0.25) is 10.1 Å². The first-order valence-electron chi connectivity index (χ1n) is 6.80. The average Bonchev–Trinajstić information content (AvgIpc) is 2.93. The summed E-state index contributed by atoms with van der Waals surface area (Å²) in [5, 5.41) is 20.7. The van der Waals surface area contributed by atoms with E-state index in [1.165, 1.54) is 30.3 Å². The van der Waals surface area contributed by atoms with Crippen molar-refractivity contribution in [3.63, 3.8) is 0 Å². The summed E-state index contributed by atoms with van der Waals surface area (Å²) in [5.74, 6) is -0.675. The van der Waals surface area contributed by atoms with Gasteiger partial charge in [-0.05, 0) is 46.3 Å². The van der Waals surface area contributed by atoms with Crippen LogP contribution >= 0.6 is 31.9 Å². The maximum atomic E-state index is 12.0. The molecule has 1 N–H and O–H groups in total. The second-order valence-electron chi connectivity index (χ2n) is 4.97. The van der Waals surface area contributed by atoms with Crippen LogP contribution in [0.25, 0.3) is 6.08 Å². The van der Waals surface area contributed by atoms with E-state index in [1.54, 1.807) is 12.1 Å². The molecule has 25 heavy (non-hydrogen) atoms. The molecule has 1 heterocycles. The number of ether oxygens (including phenoxy) is 1. The zero-order valence-corrected chi connectivity index (χ0v) is 15.4. The molecule has 0 saturated heterocycles. The number of aliphatic imine (C=N–C) groups is 1. The predicted molar refractivity (Wildman–Crippen MR) is 97.2 cm³/mol. The summed E-state index contributed by atoms with van der Waals surface area (Å²) < 4.78 is 6.26. The zero-order valence-electron chi connectivity index (χ0n) is 12.3. The molecule has 1 aliphatic heterocycles. The average molecular weight is 468 g/mol. The Bertz CT molecular complexity index is 952. The summed E-state index contributed by atoms with van der Waals surface area (Å²) in [6.45, 7) is 0. The number of benzene rings is 2. The van der Waals surface area contributed by atoms with E-state index in [0.29, 0.717) is 20.1 Å². The number of aromatic hydroxyl groups is 1. The first-order valence-corrected chi connectivity index (χ1v) is 8.39. The van der Waals surface area contributed by atoms with Gasteiger partial charge in [-0.15, -0.1) is 0 Å². The SMILES string of the molecule is O=C1OC(c2ccc([N+](=O)[O-])cc2)=N/C1=C/c1cc(Br)cc(Br)c1O. The lowest BCUT2D eigenvalue weighted by atomic mass is 10.1. The monoisotopic (exact) mass is 466 g/mol. The van der Waals surface area contributed by atoms with E-state index >= 15 is 0 Å². The highest BCUT2D eigenvalue weighted by molar-refractivity contribution is 9.11. The van der Waals surface area contributed by atoms with E-state index in [1.807, 2.05) is 0 Å². The number of nitro groups is 1. The van der Waals surface area contributed by atoms with Crippen molar-refractivity contribution < 1.29 is 19.6 Å². The van der Waals surface area contributed by atoms with Crippen LogP contribution in [-0.2, 0) is 9.53 Å². The number of non-ortho nitro benzene ring substituents is 1. The summed E-state index contributed by atoms with van der Waals surface area (Å²) in [6, 6.07) is 8.77. The van der Waals surface area contributed by atoms with Crippen molar-refractivity contribution in [1.82, 2.24) is 0 Å². The predicted octanol–water partition coefficient (Wildman–Crippen LogP) is 4.17. The van der Waals surface area contributed by atoms with Gasteiger partial charge < -0.3 is 9.84 Å². The first-order chi connectivity index (χ1) is 11.8. The van der Waals surface area contributed by atoms with Crippen molar-refractivity contribution in [3.05, 3.63) is 72.3 Å². The molecule has 0 unspecified atom stereocenters. The normalized spacial score (nSPS) is 15.2. The Morgan fingerprint density at radius 1 is 1.20 bits per heavy atom. The van der Waals surface area contributed by atoms with Crippen LogP contribution in [0.5, 0.6) is 5.75 Å². The second-order valence-corrected chi connectivity index (χ2v) is 6.74. The Labute approximate surface area is 158 Å². The number of esters is 1. The topological polar surface area (TPSA) is 102 Å². The van der Waals surface area contributed by atoms with E-state index in [0.717, 1.165) is 0 Å². The summed E-state index contributed by atoms with van der Waals surface area (Å²) in [5.41, 5.74) is 0.742. The Hall–Kier alpha value is -2.52. The lowest BCUT2D eigenvalue weighted by molar-refractivity contribution is -0.384. The third kappa shape index (κ3) is 3.62. The highest BCUT2D eigenvalue weighted by Gasteiger charge is 2.25. The maximum absolute atomic E-state index is 12.0. The number of phenols is 1. The third-order valence-corrected chi connectivity index (χ3v) is 4.36. The minimum atomic E-state index is -0.677. The number of carbonyl (C=O) groups excluding carboxylic acids is 1. The zero-order chi connectivity index (χ0) is 18.1. The molecule has 0 spiro atoms. The Morgan fingerprint density at radius 2 is 1.88 bits per heavy atom. The van der Waals surface area contributed by atoms with Crippen LogP contribution in [0.15, 0.2) is 56.0 Å². The van der Waals surface area contributed by atoms with Gasteiger partial charge in [-0.2, -0.15) is 0 Å². The second kappa shape index (κ2) is 6.77. The minimum Gasteiger partial charge on any atom is -0.506 e. The van der Waals surface area contributed by atoms with E-state index in [-0.39, 0.29) is 23.0 Å². The molecule has 2 aromatic rings. The fourth-order valence-corrected chi connectivity index (χ4v) is 3.36. The highest BCUT2D eigenvalue weighted by atomic mass is 79.9. The van der Waals surface area contributed by atoms with Crippen LogP contribution in [0.2, 0.25) is 0 Å². The van der Waals surface area contributed by atoms with Crippen molar-refractivity contribution in [2.45, 2.75) is 0 Å². The summed E-state index contributed by atoms with van der Waals surface area (Å²) in [4.78, 5) is 26.3. The number of nitrogens with zero attached hydrogens (tertiary/aromatic N) is 2. The Morgan fingerprint density at radius 3 is 2.52 bits per heavy atom. The number of halogens is 2. The lowest BCUT2D eigenvalue weighted by Crippen LogP contribution is -2.05. The molecule has 9 heteroatoms. The molecular formula is C16H8Br2N2O5. The molecule has 0 atom stereocenters. The van der Waals surface area contributed by atoms with Gasteiger partial charge in [0.25, 0.3) is 5.69 Å². The van der Waals surface area contributed by atoms with Crippen molar-refractivity contribution in [3.8, 4) is 5.75 Å². The third-order valence-electron chi connectivity index (χ3n) is 3.30. The molecule has 0 aliphatic carbocycles. The van der Waals surface area contributed by atoms with Gasteiger partial charge in [0.05, 0.1) is 9.40 Å². The minimum absolute atomic E-state index is 0.00801. The lowest BCUT2D eigenvalue weighted by Gasteiger charge is -2.03. The fourth-order valence-electron chi connectivity index (χ4n) is 2.10. The fraction of sp³-hybridized carbons (Fsp3) is 0. The summed E-state index contributed by atoms with van der Waals surface area (Å²) in [6.07, 6.45) is 1.39. The molecule has 3 rings (SSSR count). The number of cyclic esters (lactones) is 1. The molecule has 7 nitrogen and oxygen atoms in total. The smallest absolute Gasteiger partial charge is 0.363 e. The van der Waals surface area contributed by atoms with Crippen molar-refractivity contribution >= 4 is 55.5 Å². The molecule has 0 aromatic heterocycles. The van der Waals surface area contributed by atoms with E-state index in [4.69, 9.17) is 4.74 Å². The number of phenolic OH excluding ortho intramolecular Hbond substituents is 1. The van der Waals surface area contributed by atoms with Crippen LogP contribution in [0.4, 0.5) is 5.69 Å². The Kier molecular flexibility index (Phi) is 4.69. The molecule has 1 aliphatic rings. The quantitative estimate of drug-likeness (QED) is 0.316. The van der Waals surface area contributed by atoms with Crippen LogP contribution in [0, 0.1) is 10.1 Å². The van der Waals surface area contributed by atoms with Gasteiger partial charge in [-0.25, -0.2) is 9.79 Å². The standard InChI is InChI=1S/C16H8Br2N2O5/c17-10-5-9(14(21)12(18)7-10)6-13-16(22)25-15(19-13)8-1-3-11(4-2-8)20(23)24/h1-7,21H/b13-6+. The van der Waals surface area contributed by atoms with Gasteiger partial charge in [-0.1, -0.05) is 15.9 Å². The molecular weight excluding hydrogens is 460 g/mol. The van der Waals surface area contributed by atoms with Crippen LogP contribution in [0.3, 0.4) is 0 Å². The van der Waals surface area contributed by atoms with E-state index in [2.05, 4.69) is 36.9 Å². The van der Waals surface area contributed by atoms with E-state index in [9.17, 15) is 20.0 Å². The van der Waals surface area contributed by atoms with Gasteiger partial charge in [0.15, 0.2) is 5.70 Å². The molecule has 2 aromatic carbocycles.